The minimum absolute atomic E-state index is 0.141. The number of carbonyl (C=O) groups excluding carboxylic acids is 1. The number of hydrogen-bond donors (Lipinski definition) is 2. The zero-order valence-corrected chi connectivity index (χ0v) is 7.84. The molecule has 1 aliphatic rings. The fourth-order valence-electron chi connectivity index (χ4n) is 1.01. The molecule has 1 amide bonds. The molecule has 0 aliphatic heterocycles. The van der Waals surface area contributed by atoms with Gasteiger partial charge in [-0.15, -0.1) is 0 Å². The van der Waals surface area contributed by atoms with Gasteiger partial charge in [-0.1, -0.05) is 0 Å². The quantitative estimate of drug-likeness (QED) is 0.587. The van der Waals surface area contributed by atoms with E-state index < -0.39 is 0 Å². The Balaban J connectivity index is 1.94. The highest BCUT2D eigenvalue weighted by Gasteiger charge is 2.28. The van der Waals surface area contributed by atoms with Crippen molar-refractivity contribution in [1.29, 1.82) is 5.26 Å². The molecule has 0 spiro atoms. The Morgan fingerprint density at radius 3 is 2.85 bits per heavy atom. The van der Waals surface area contributed by atoms with Crippen LogP contribution in [0.5, 0.6) is 0 Å². The molecule has 0 aromatic heterocycles. The van der Waals surface area contributed by atoms with Crippen LogP contribution in [-0.4, -0.2) is 25.0 Å². The normalized spacial score (nSPS) is 17.5. The molecule has 0 aromatic rings. The summed E-state index contributed by atoms with van der Waals surface area (Å²) in [7, 11) is 0. The van der Waals surface area contributed by atoms with E-state index in [2.05, 4.69) is 16.7 Å². The van der Waals surface area contributed by atoms with E-state index in [1.165, 1.54) is 0 Å². The minimum Gasteiger partial charge on any atom is -0.355 e. The lowest BCUT2D eigenvalue weighted by Crippen LogP contribution is -2.35. The van der Waals surface area contributed by atoms with Crippen LogP contribution in [0, 0.1) is 17.2 Å². The van der Waals surface area contributed by atoms with Crippen LogP contribution in [0.25, 0.3) is 0 Å². The summed E-state index contributed by atoms with van der Waals surface area (Å²) in [5.74, 6) is 0.430. The van der Waals surface area contributed by atoms with Crippen LogP contribution < -0.4 is 10.6 Å². The van der Waals surface area contributed by atoms with Crippen LogP contribution in [0.3, 0.4) is 0 Å². The van der Waals surface area contributed by atoms with Crippen LogP contribution in [0.1, 0.15) is 19.8 Å². The van der Waals surface area contributed by atoms with Crippen molar-refractivity contribution in [3.8, 4) is 6.07 Å². The van der Waals surface area contributed by atoms with Crippen LogP contribution >= 0.6 is 0 Å². The van der Waals surface area contributed by atoms with Crippen molar-refractivity contribution in [1.82, 2.24) is 10.6 Å². The van der Waals surface area contributed by atoms with Crippen molar-refractivity contribution >= 4 is 5.91 Å². The second-order valence-electron chi connectivity index (χ2n) is 3.37. The molecule has 1 fully saturated rings. The fraction of sp³-hybridized carbons (Fsp3) is 0.778. The summed E-state index contributed by atoms with van der Waals surface area (Å²) in [4.78, 5) is 11.1. The van der Waals surface area contributed by atoms with E-state index in [0.29, 0.717) is 13.1 Å². The predicted octanol–water partition coefficient (Wildman–Crippen LogP) is 0.0143. The average molecular weight is 181 g/mol. The van der Waals surface area contributed by atoms with Gasteiger partial charge in [0, 0.05) is 19.0 Å². The monoisotopic (exact) mass is 181 g/mol. The third kappa shape index (κ3) is 3.90. The maximum atomic E-state index is 11.1. The van der Waals surface area contributed by atoms with E-state index in [0.717, 1.165) is 12.8 Å². The minimum atomic E-state index is -0.141. The highest BCUT2D eigenvalue weighted by Crippen LogP contribution is 2.28. The maximum absolute atomic E-state index is 11.1. The van der Waals surface area contributed by atoms with Gasteiger partial charge in [0.15, 0.2) is 0 Å². The number of carbonyl (C=O) groups is 1. The van der Waals surface area contributed by atoms with Crippen molar-refractivity contribution in [2.45, 2.75) is 25.8 Å². The molecule has 13 heavy (non-hydrogen) atoms. The number of hydrogen-bond acceptors (Lipinski definition) is 3. The predicted molar refractivity (Wildman–Crippen MR) is 48.8 cm³/mol. The van der Waals surface area contributed by atoms with E-state index in [-0.39, 0.29) is 17.9 Å². The lowest BCUT2D eigenvalue weighted by molar-refractivity contribution is -0.122. The number of amides is 1. The van der Waals surface area contributed by atoms with Gasteiger partial charge in [-0.3, -0.25) is 4.79 Å². The Labute approximate surface area is 78.3 Å². The van der Waals surface area contributed by atoms with Gasteiger partial charge in [-0.2, -0.15) is 5.26 Å². The van der Waals surface area contributed by atoms with Gasteiger partial charge in [-0.25, -0.2) is 0 Å². The first kappa shape index (κ1) is 10.0. The van der Waals surface area contributed by atoms with Crippen molar-refractivity contribution in [3.63, 3.8) is 0 Å². The lowest BCUT2D eigenvalue weighted by Gasteiger charge is -2.06. The molecule has 4 heteroatoms. The van der Waals surface area contributed by atoms with Gasteiger partial charge in [-0.05, 0) is 19.8 Å². The Kier molecular flexibility index (Phi) is 3.71. The number of rotatable bonds is 5. The summed E-state index contributed by atoms with van der Waals surface area (Å²) in [5.41, 5.74) is 0. The van der Waals surface area contributed by atoms with Gasteiger partial charge >= 0.3 is 0 Å². The first-order valence-corrected chi connectivity index (χ1v) is 4.64. The fourth-order valence-corrected chi connectivity index (χ4v) is 1.01. The Morgan fingerprint density at radius 2 is 2.31 bits per heavy atom. The molecule has 0 radical (unpaired) electrons. The van der Waals surface area contributed by atoms with Gasteiger partial charge in [0.1, 0.15) is 0 Å². The van der Waals surface area contributed by atoms with Gasteiger partial charge in [0.25, 0.3) is 0 Å². The van der Waals surface area contributed by atoms with Gasteiger partial charge in [0.05, 0.1) is 12.1 Å². The summed E-state index contributed by atoms with van der Waals surface area (Å²) in [6.45, 7) is 3.07. The van der Waals surface area contributed by atoms with E-state index in [1.807, 2.05) is 0 Å². The van der Waals surface area contributed by atoms with E-state index >= 15 is 0 Å². The summed E-state index contributed by atoms with van der Waals surface area (Å²) >= 11 is 0. The molecule has 1 atom stereocenters. The summed E-state index contributed by atoms with van der Waals surface area (Å²) in [6, 6.07) is 1.92. The van der Waals surface area contributed by atoms with E-state index in [4.69, 9.17) is 5.26 Å². The maximum Gasteiger partial charge on any atom is 0.223 e. The van der Waals surface area contributed by atoms with E-state index in [1.54, 1.807) is 6.92 Å². The zero-order valence-electron chi connectivity index (χ0n) is 7.84. The average Bonchev–Trinajstić information content (AvgIpc) is 2.94. The van der Waals surface area contributed by atoms with Crippen LogP contribution in [0.2, 0.25) is 0 Å². The zero-order chi connectivity index (χ0) is 9.68. The molecule has 1 unspecified atom stereocenters. The SMILES string of the molecule is CC(C#N)NCCNC(=O)C1CC1. The molecule has 0 bridgehead atoms. The second-order valence-corrected chi connectivity index (χ2v) is 3.37. The highest BCUT2D eigenvalue weighted by atomic mass is 16.2. The number of nitrogens with one attached hydrogen (secondary N) is 2. The summed E-state index contributed by atoms with van der Waals surface area (Å²) in [6.07, 6.45) is 2.07. The molecule has 1 saturated carbocycles. The molecule has 2 N–H and O–H groups in total. The molecule has 72 valence electrons. The molecule has 0 aromatic carbocycles. The van der Waals surface area contributed by atoms with Crippen LogP contribution in [0.15, 0.2) is 0 Å². The van der Waals surface area contributed by atoms with Crippen molar-refractivity contribution < 1.29 is 4.79 Å². The third-order valence-electron chi connectivity index (χ3n) is 2.02. The van der Waals surface area contributed by atoms with Crippen molar-refractivity contribution in [2.24, 2.45) is 5.92 Å². The molecule has 1 aliphatic carbocycles. The number of nitriles is 1. The lowest BCUT2D eigenvalue weighted by atomic mass is 10.3. The van der Waals surface area contributed by atoms with Crippen LogP contribution in [0.4, 0.5) is 0 Å². The van der Waals surface area contributed by atoms with Crippen LogP contribution in [-0.2, 0) is 4.79 Å². The highest BCUT2D eigenvalue weighted by molar-refractivity contribution is 5.80. The summed E-state index contributed by atoms with van der Waals surface area (Å²) < 4.78 is 0. The molecule has 4 nitrogen and oxygen atoms in total. The van der Waals surface area contributed by atoms with Gasteiger partial charge < -0.3 is 10.6 Å². The second kappa shape index (κ2) is 4.83. The van der Waals surface area contributed by atoms with Gasteiger partial charge in [0.2, 0.25) is 5.91 Å². The molecule has 0 heterocycles. The summed E-state index contributed by atoms with van der Waals surface area (Å²) in [5, 5.41) is 14.2. The Morgan fingerprint density at radius 1 is 1.62 bits per heavy atom. The molecule has 0 saturated heterocycles. The third-order valence-corrected chi connectivity index (χ3v) is 2.02. The van der Waals surface area contributed by atoms with Crippen molar-refractivity contribution in [3.05, 3.63) is 0 Å². The Bertz CT molecular complexity index is 217. The number of nitrogens with zero attached hydrogens (tertiary/aromatic N) is 1. The Hall–Kier alpha value is -1.08. The molecular weight excluding hydrogens is 166 g/mol. The first-order chi connectivity index (χ1) is 6.24. The molecule has 1 rings (SSSR count). The van der Waals surface area contributed by atoms with Crippen molar-refractivity contribution in [2.75, 3.05) is 13.1 Å². The smallest absolute Gasteiger partial charge is 0.223 e. The molecular formula is C9H15N3O. The topological polar surface area (TPSA) is 64.9 Å². The van der Waals surface area contributed by atoms with E-state index in [9.17, 15) is 4.79 Å². The standard InChI is InChI=1S/C9H15N3O/c1-7(6-10)11-4-5-12-9(13)8-2-3-8/h7-8,11H,2-5H2,1H3,(H,12,13). The first-order valence-electron chi connectivity index (χ1n) is 4.64. The largest absolute Gasteiger partial charge is 0.355 e.